The van der Waals surface area contributed by atoms with Gasteiger partial charge in [0.25, 0.3) is 5.91 Å². The third-order valence-electron chi connectivity index (χ3n) is 7.17. The summed E-state index contributed by atoms with van der Waals surface area (Å²) in [5.74, 6) is -1.16. The second-order valence-corrected chi connectivity index (χ2v) is 11.7. The van der Waals surface area contributed by atoms with E-state index in [1.807, 2.05) is 0 Å². The van der Waals surface area contributed by atoms with E-state index in [-0.39, 0.29) is 23.3 Å². The molecule has 1 saturated heterocycles. The van der Waals surface area contributed by atoms with E-state index >= 15 is 0 Å². The summed E-state index contributed by atoms with van der Waals surface area (Å²) < 4.78 is 6.93. The first-order valence-corrected chi connectivity index (χ1v) is 14.5. The highest BCUT2D eigenvalue weighted by Gasteiger charge is 2.31. The topological polar surface area (TPSA) is 135 Å². The lowest BCUT2D eigenvalue weighted by Gasteiger charge is -2.31. The molecule has 3 N–H and O–H groups in total. The van der Waals surface area contributed by atoms with Gasteiger partial charge in [0.15, 0.2) is 0 Å². The monoisotopic (exact) mass is 596 g/mol. The van der Waals surface area contributed by atoms with Gasteiger partial charge in [-0.15, -0.1) is 0 Å². The van der Waals surface area contributed by atoms with Gasteiger partial charge in [0.2, 0.25) is 11.8 Å². The summed E-state index contributed by atoms with van der Waals surface area (Å²) in [6, 6.07) is 15.3. The number of carbonyl (C=O) groups is 4. The van der Waals surface area contributed by atoms with Crippen LogP contribution in [-0.2, 0) is 14.3 Å². The van der Waals surface area contributed by atoms with E-state index in [4.69, 9.17) is 4.74 Å². The molecule has 0 unspecified atom stereocenters. The Kier molecular flexibility index (Phi) is 8.77. The molecule has 228 valence electrons. The molecule has 5 rings (SSSR count). The van der Waals surface area contributed by atoms with Crippen LogP contribution < -0.4 is 20.9 Å². The Morgan fingerprint density at radius 2 is 1.61 bits per heavy atom. The molecule has 44 heavy (non-hydrogen) atoms. The molecular weight excluding hydrogens is 560 g/mol. The minimum absolute atomic E-state index is 0.150. The normalized spacial score (nSPS) is 13.7. The van der Waals surface area contributed by atoms with Crippen molar-refractivity contribution in [1.82, 2.24) is 14.9 Å². The zero-order chi connectivity index (χ0) is 31.4. The summed E-state index contributed by atoms with van der Waals surface area (Å²) in [4.78, 5) is 58.4. The van der Waals surface area contributed by atoms with E-state index in [0.717, 1.165) is 5.39 Å². The number of benzene rings is 2. The molecule has 1 aliphatic heterocycles. The largest absolute Gasteiger partial charge is 0.443 e. The standard InChI is InChI=1S/C33H36N6O5/c1-21(40)36-24-7-8-27(29(20-24)39(26-11-16-35-17-12-26)31(42)23-9-14-34-15-10-23)30(41)37-25-6-5-22-13-18-38(28(22)19-25)32(43)44-33(2,3)4/h5-8,11-13,16-20,23,34H,9-10,14-15H2,1-4H3,(H,36,40)(H,37,41). The highest BCUT2D eigenvalue weighted by molar-refractivity contribution is 6.14. The van der Waals surface area contributed by atoms with Gasteiger partial charge in [-0.05, 0) is 95.2 Å². The number of piperidine rings is 1. The van der Waals surface area contributed by atoms with Crippen LogP contribution in [0.4, 0.5) is 27.5 Å². The maximum Gasteiger partial charge on any atom is 0.418 e. The molecule has 2 aromatic heterocycles. The van der Waals surface area contributed by atoms with Gasteiger partial charge in [-0.3, -0.25) is 28.8 Å². The molecule has 11 heteroatoms. The summed E-state index contributed by atoms with van der Waals surface area (Å²) in [6.07, 6.45) is 5.59. The summed E-state index contributed by atoms with van der Waals surface area (Å²) in [5.41, 5.74) is 1.88. The number of fused-ring (bicyclic) bond motifs is 1. The molecule has 0 spiro atoms. The van der Waals surface area contributed by atoms with Crippen LogP contribution in [0.15, 0.2) is 73.2 Å². The molecule has 0 radical (unpaired) electrons. The predicted octanol–water partition coefficient (Wildman–Crippen LogP) is 5.69. The number of carbonyl (C=O) groups excluding carboxylic acids is 4. The Balaban J connectivity index is 1.54. The molecular formula is C33H36N6O5. The van der Waals surface area contributed by atoms with Crippen molar-refractivity contribution < 1.29 is 23.9 Å². The quantitative estimate of drug-likeness (QED) is 0.260. The number of rotatable bonds is 6. The molecule has 11 nitrogen and oxygen atoms in total. The van der Waals surface area contributed by atoms with Crippen LogP contribution in [0.2, 0.25) is 0 Å². The first-order valence-electron chi connectivity index (χ1n) is 14.5. The van der Waals surface area contributed by atoms with Gasteiger partial charge in [0.05, 0.1) is 22.5 Å². The number of aromatic nitrogens is 2. The van der Waals surface area contributed by atoms with Gasteiger partial charge >= 0.3 is 6.09 Å². The summed E-state index contributed by atoms with van der Waals surface area (Å²) >= 11 is 0. The van der Waals surface area contributed by atoms with Crippen LogP contribution in [0.5, 0.6) is 0 Å². The molecule has 0 aliphatic carbocycles. The Labute approximate surface area is 255 Å². The minimum Gasteiger partial charge on any atom is -0.443 e. The van der Waals surface area contributed by atoms with Crippen LogP contribution in [-0.4, -0.2) is 52.1 Å². The van der Waals surface area contributed by atoms with Gasteiger partial charge < -0.3 is 20.7 Å². The number of amides is 3. The maximum atomic E-state index is 14.1. The molecule has 0 bridgehead atoms. The van der Waals surface area contributed by atoms with E-state index in [0.29, 0.717) is 54.2 Å². The van der Waals surface area contributed by atoms with Crippen molar-refractivity contribution in [2.75, 3.05) is 28.6 Å². The van der Waals surface area contributed by atoms with Crippen LogP contribution >= 0.6 is 0 Å². The van der Waals surface area contributed by atoms with E-state index in [2.05, 4.69) is 20.9 Å². The molecule has 2 aromatic carbocycles. The molecule has 1 aliphatic rings. The Morgan fingerprint density at radius 3 is 2.30 bits per heavy atom. The lowest BCUT2D eigenvalue weighted by atomic mass is 9.95. The predicted molar refractivity (Wildman–Crippen MR) is 169 cm³/mol. The minimum atomic E-state index is -0.675. The van der Waals surface area contributed by atoms with Crippen molar-refractivity contribution in [2.45, 2.75) is 46.1 Å². The van der Waals surface area contributed by atoms with Crippen LogP contribution in [0.25, 0.3) is 10.9 Å². The van der Waals surface area contributed by atoms with E-state index in [9.17, 15) is 19.2 Å². The second kappa shape index (κ2) is 12.7. The van der Waals surface area contributed by atoms with Gasteiger partial charge in [-0.25, -0.2) is 4.79 Å². The number of hydrogen-bond donors (Lipinski definition) is 3. The zero-order valence-corrected chi connectivity index (χ0v) is 25.2. The van der Waals surface area contributed by atoms with Crippen molar-refractivity contribution in [3.05, 3.63) is 78.8 Å². The number of ether oxygens (including phenoxy) is 1. The third-order valence-corrected chi connectivity index (χ3v) is 7.17. The number of hydrogen-bond acceptors (Lipinski definition) is 7. The Hall–Kier alpha value is -5.03. The second-order valence-electron chi connectivity index (χ2n) is 11.7. The first kappa shape index (κ1) is 30.4. The number of pyridine rings is 1. The lowest BCUT2D eigenvalue weighted by Crippen LogP contribution is -2.39. The molecule has 1 fully saturated rings. The van der Waals surface area contributed by atoms with Gasteiger partial charge in [0.1, 0.15) is 5.60 Å². The van der Waals surface area contributed by atoms with Crippen molar-refractivity contribution in [2.24, 2.45) is 5.92 Å². The molecule has 3 amide bonds. The van der Waals surface area contributed by atoms with E-state index in [1.54, 1.807) is 94.0 Å². The molecule has 0 saturated carbocycles. The average Bonchev–Trinajstić information content (AvgIpc) is 3.41. The SMILES string of the molecule is CC(=O)Nc1ccc(C(=O)Nc2ccc3ccn(C(=O)OC(C)(C)C)c3c2)c(N(C(=O)C2CCNCC2)c2ccncc2)c1. The first-order chi connectivity index (χ1) is 21.0. The molecule has 0 atom stereocenters. The molecule has 4 aromatic rings. The maximum absolute atomic E-state index is 14.1. The van der Waals surface area contributed by atoms with Crippen LogP contribution in [0.3, 0.4) is 0 Å². The van der Waals surface area contributed by atoms with Crippen molar-refractivity contribution >= 4 is 57.5 Å². The van der Waals surface area contributed by atoms with Crippen molar-refractivity contribution in [3.8, 4) is 0 Å². The summed E-state index contributed by atoms with van der Waals surface area (Å²) in [5, 5.41) is 9.77. The summed E-state index contributed by atoms with van der Waals surface area (Å²) in [7, 11) is 0. The third kappa shape index (κ3) is 6.95. The fourth-order valence-electron chi connectivity index (χ4n) is 5.19. The Bertz CT molecular complexity index is 1700. The zero-order valence-electron chi connectivity index (χ0n) is 25.2. The fraction of sp³-hybridized carbons (Fsp3) is 0.303. The highest BCUT2D eigenvalue weighted by atomic mass is 16.6. The average molecular weight is 597 g/mol. The molecule has 3 heterocycles. The Morgan fingerprint density at radius 1 is 0.932 bits per heavy atom. The number of anilines is 4. The van der Waals surface area contributed by atoms with Gasteiger partial charge in [-0.2, -0.15) is 0 Å². The van der Waals surface area contributed by atoms with Gasteiger partial charge in [0, 0.05) is 48.2 Å². The van der Waals surface area contributed by atoms with Crippen LogP contribution in [0.1, 0.15) is 50.9 Å². The van der Waals surface area contributed by atoms with Gasteiger partial charge in [-0.1, -0.05) is 6.07 Å². The van der Waals surface area contributed by atoms with Crippen LogP contribution in [0, 0.1) is 5.92 Å². The lowest BCUT2D eigenvalue weighted by molar-refractivity contribution is -0.122. The van der Waals surface area contributed by atoms with E-state index < -0.39 is 17.6 Å². The summed E-state index contributed by atoms with van der Waals surface area (Å²) in [6.45, 7) is 8.21. The van der Waals surface area contributed by atoms with E-state index in [1.165, 1.54) is 16.4 Å². The number of nitrogens with zero attached hydrogens (tertiary/aromatic N) is 3. The van der Waals surface area contributed by atoms with Crippen molar-refractivity contribution in [1.29, 1.82) is 0 Å². The fourth-order valence-corrected chi connectivity index (χ4v) is 5.19. The highest BCUT2D eigenvalue weighted by Crippen LogP contribution is 2.35. The van der Waals surface area contributed by atoms with Crippen molar-refractivity contribution in [3.63, 3.8) is 0 Å². The number of nitrogens with one attached hydrogen (secondary N) is 3. The smallest absolute Gasteiger partial charge is 0.418 e.